The van der Waals surface area contributed by atoms with Crippen molar-refractivity contribution in [2.45, 2.75) is 113 Å². The zero-order valence-electron chi connectivity index (χ0n) is 82.1. The summed E-state index contributed by atoms with van der Waals surface area (Å²) >= 11 is 0. The van der Waals surface area contributed by atoms with Crippen LogP contribution in [0.5, 0.6) is 0 Å². The number of rotatable bonds is 24. The first-order valence-electron chi connectivity index (χ1n) is 47.2. The van der Waals surface area contributed by atoms with Gasteiger partial charge in [0.25, 0.3) is 0 Å². The molecule has 146 heavy (non-hydrogen) atoms. The van der Waals surface area contributed by atoms with E-state index in [-0.39, 0.29) is 53.9 Å². The number of carbonyl (C=O) groups excluding carboxylic acids is 3. The summed E-state index contributed by atoms with van der Waals surface area (Å²) in [7, 11) is 2.76. The second-order valence-corrected chi connectivity index (χ2v) is 35.3. The van der Waals surface area contributed by atoms with E-state index in [1.807, 2.05) is 248 Å². The molecule has 0 amide bonds. The van der Waals surface area contributed by atoms with Crippen molar-refractivity contribution in [2.75, 3.05) is 14.2 Å². The fraction of sp³-hybridized carbons (Fsp3) is 0.165. The fourth-order valence-electron chi connectivity index (χ4n) is 18.4. The zero-order valence-corrected chi connectivity index (χ0v) is 82.1. The number of aryl methyl sites for hydroxylation is 8. The molecule has 724 valence electrons. The van der Waals surface area contributed by atoms with E-state index in [1.165, 1.54) is 14.2 Å². The Hall–Kier alpha value is -18.7. The van der Waals surface area contributed by atoms with Gasteiger partial charge in [-0.25, -0.2) is 49.5 Å². The van der Waals surface area contributed by atoms with Gasteiger partial charge in [0.05, 0.1) is 159 Å². The summed E-state index contributed by atoms with van der Waals surface area (Å²) in [6, 6.07) is 73.4. The highest BCUT2D eigenvalue weighted by atomic mass is 16.5. The molecule has 16 heterocycles. The standard InChI is InChI=1S/C32H27N5O3.C32H27N5O2.C26H23N5O3.C25H21N5O3/c1-20-29(21(2)40-36-20)27-18-34-30-25(23-14-12-22(13-15-23)17-28(38)39-3)19-37(32(30)35-27)31(24-9-5-4-6-10-24)26-11-7-8-16-33-26;1-20(38)17-23-12-14-24(15-13-23)26-19-37(31(25-9-5-4-6-10-25)27-11-7-8-16-33-27)32-30(26)34-18-28(35-32)29-21(2)36-39-22(29)3;1-15-23(17(3)34-30-15)22-13-28-24-20(18-8-10-19(11-9-18)26(32)33-4)14-31(25(24)29-22)16(2)21-7-5-6-12-27-21;1-14-22(16(3)33-29-14)21-12-27-23-19(17-7-9-18(10-8-17)25(31)32)13-30(24(23)28-21)15(2)20-6-4-5-11-26-20/h4-16,18-19,31H,17H2,1-3H3;4-16,18-19,31H,17H2,1-3H3;5-14,16H,1-4H3;4-13,15H,1-3H3,(H,31,32)/t;;16-;15-/m..00/s1. The Bertz CT molecular complexity index is 8340. The van der Waals surface area contributed by atoms with Gasteiger partial charge >= 0.3 is 17.9 Å². The highest BCUT2D eigenvalue weighted by Crippen LogP contribution is 2.43. The number of nitrogens with zero attached hydrogens (tertiary/aromatic N) is 20. The highest BCUT2D eigenvalue weighted by molar-refractivity contribution is 5.98. The molecule has 22 rings (SSSR count). The quantitative estimate of drug-likeness (QED) is 0.0549. The largest absolute Gasteiger partial charge is 0.478 e. The predicted octanol–water partition coefficient (Wildman–Crippen LogP) is 22.9. The van der Waals surface area contributed by atoms with E-state index in [1.54, 1.807) is 86.7 Å². The number of carbonyl (C=O) groups is 4. The van der Waals surface area contributed by atoms with Crippen LogP contribution < -0.4 is 0 Å². The van der Waals surface area contributed by atoms with Crippen molar-refractivity contribution in [1.82, 2.24) is 98.7 Å². The number of fused-ring (bicyclic) bond motifs is 4. The van der Waals surface area contributed by atoms with E-state index in [2.05, 4.69) is 94.8 Å². The van der Waals surface area contributed by atoms with Gasteiger partial charge in [-0.15, -0.1) is 0 Å². The smallest absolute Gasteiger partial charge is 0.337 e. The molecule has 0 aliphatic carbocycles. The predicted molar refractivity (Wildman–Crippen MR) is 552 cm³/mol. The SMILES string of the molecule is CC(=O)Cc1ccc(-c2cn(C(c3ccccc3)c3ccccn3)c3nc(-c4c(C)noc4C)cnc23)cc1.COC(=O)Cc1ccc(-c2cn(C(c3ccccc3)c3ccccn3)c3nc(-c4c(C)noc4C)cnc23)cc1.COC(=O)c1ccc(-c2cn([C@@H](C)c3ccccn3)c3nc(-c4c(C)noc4C)cnc23)cc1.Cc1noc(C)c1-c1cnc2c(-c3ccc(C(=O)O)cc3)cn([C@@H](C)c3ccccn3)c2n1. The molecule has 31 heteroatoms. The Morgan fingerprint density at radius 3 is 0.897 bits per heavy atom. The van der Waals surface area contributed by atoms with Crippen LogP contribution in [-0.2, 0) is 31.9 Å². The average Bonchev–Trinajstić information content (AvgIpc) is 1.61. The van der Waals surface area contributed by atoms with Crippen LogP contribution in [-0.4, -0.2) is 142 Å². The third-order valence-corrected chi connectivity index (χ3v) is 25.7. The van der Waals surface area contributed by atoms with Crippen LogP contribution in [0.15, 0.2) is 323 Å². The summed E-state index contributed by atoms with van der Waals surface area (Å²) in [5, 5.41) is 25.6. The first-order chi connectivity index (χ1) is 70.9. The summed E-state index contributed by atoms with van der Waals surface area (Å²) in [5.41, 5.74) is 30.8. The van der Waals surface area contributed by atoms with Crippen LogP contribution in [0.1, 0.15) is 157 Å². The van der Waals surface area contributed by atoms with Crippen LogP contribution in [0.4, 0.5) is 0 Å². The maximum atomic E-state index is 11.9. The first kappa shape index (κ1) is 96.2. The summed E-state index contributed by atoms with van der Waals surface area (Å²) in [5.74, 6) is 1.29. The molecule has 0 spiro atoms. The van der Waals surface area contributed by atoms with Crippen molar-refractivity contribution in [2.24, 2.45) is 0 Å². The van der Waals surface area contributed by atoms with Gasteiger partial charge in [-0.2, -0.15) is 0 Å². The van der Waals surface area contributed by atoms with Crippen LogP contribution in [0.3, 0.4) is 0 Å². The normalized spacial score (nSPS) is 12.1. The summed E-state index contributed by atoms with van der Waals surface area (Å²) in [6.07, 6.45) is 23.0. The number of aromatic carboxylic acids is 1. The number of carboxylic acids is 1. The van der Waals surface area contributed by atoms with E-state index in [0.717, 1.165) is 168 Å². The second kappa shape index (κ2) is 42.0. The van der Waals surface area contributed by atoms with E-state index in [0.29, 0.717) is 69.1 Å². The number of aromatic nitrogens is 20. The minimum Gasteiger partial charge on any atom is -0.478 e. The molecule has 2 unspecified atom stereocenters. The lowest BCUT2D eigenvalue weighted by Crippen LogP contribution is -2.13. The zero-order chi connectivity index (χ0) is 102. The third kappa shape index (κ3) is 19.7. The van der Waals surface area contributed by atoms with Crippen LogP contribution >= 0.6 is 0 Å². The van der Waals surface area contributed by atoms with E-state index >= 15 is 0 Å². The van der Waals surface area contributed by atoms with Crippen molar-refractivity contribution in [1.29, 1.82) is 0 Å². The molecule has 0 aliphatic rings. The van der Waals surface area contributed by atoms with Crippen molar-refractivity contribution < 1.29 is 51.9 Å². The second-order valence-electron chi connectivity index (χ2n) is 35.3. The molecule has 22 aromatic rings. The molecule has 6 aromatic carbocycles. The van der Waals surface area contributed by atoms with Crippen molar-refractivity contribution in [3.63, 3.8) is 0 Å². The molecule has 0 radical (unpaired) electrons. The number of ether oxygens (including phenoxy) is 2. The third-order valence-electron chi connectivity index (χ3n) is 25.7. The van der Waals surface area contributed by atoms with Crippen molar-refractivity contribution in [3.8, 4) is 89.5 Å². The van der Waals surface area contributed by atoms with Gasteiger partial charge in [0.15, 0.2) is 22.6 Å². The van der Waals surface area contributed by atoms with E-state index in [9.17, 15) is 24.3 Å². The Kier molecular flexibility index (Phi) is 27.7. The molecule has 0 saturated heterocycles. The number of ketones is 1. The van der Waals surface area contributed by atoms with Crippen molar-refractivity contribution >= 4 is 68.3 Å². The lowest BCUT2D eigenvalue weighted by molar-refractivity contribution is -0.139. The number of methoxy groups -OCH3 is 2. The molecule has 31 nitrogen and oxygen atoms in total. The molecule has 0 bridgehead atoms. The maximum absolute atomic E-state index is 11.9. The van der Waals surface area contributed by atoms with Gasteiger partial charge in [-0.3, -0.25) is 29.5 Å². The lowest BCUT2D eigenvalue weighted by atomic mass is 10.0. The van der Waals surface area contributed by atoms with Crippen LogP contribution in [0.2, 0.25) is 0 Å². The van der Waals surface area contributed by atoms with Crippen LogP contribution in [0.25, 0.3) is 134 Å². The summed E-state index contributed by atoms with van der Waals surface area (Å²) in [6.45, 7) is 20.8. The molecule has 0 saturated carbocycles. The number of Topliss-reactive ketones (excluding diaryl/α,β-unsaturated/α-hetero) is 1. The van der Waals surface area contributed by atoms with Crippen molar-refractivity contribution in [3.05, 3.63) is 407 Å². The monoisotopic (exact) mass is 1930 g/mol. The minimum absolute atomic E-state index is 0.0824. The minimum atomic E-state index is -0.961. The Labute approximate surface area is 837 Å². The Morgan fingerprint density at radius 1 is 0.329 bits per heavy atom. The lowest BCUT2D eigenvalue weighted by Gasteiger charge is -2.20. The Balaban J connectivity index is 0.000000123. The first-order valence-corrected chi connectivity index (χ1v) is 47.2. The number of pyridine rings is 4. The van der Waals surface area contributed by atoms with Gasteiger partial charge in [0, 0.05) is 78.2 Å². The topological polar surface area (TPSA) is 385 Å². The van der Waals surface area contributed by atoms with E-state index < -0.39 is 5.97 Å². The number of carboxylic acid groups (broad SMARTS) is 1. The number of hydrogen-bond donors (Lipinski definition) is 1. The highest BCUT2D eigenvalue weighted by Gasteiger charge is 2.31. The summed E-state index contributed by atoms with van der Waals surface area (Å²) in [4.78, 5) is 105. The molecule has 0 fully saturated rings. The number of esters is 2. The molecule has 1 N–H and O–H groups in total. The fourth-order valence-corrected chi connectivity index (χ4v) is 18.4. The molecule has 4 atom stereocenters. The van der Waals surface area contributed by atoms with Gasteiger partial charge < -0.3 is 50.9 Å². The Morgan fingerprint density at radius 2 is 0.616 bits per heavy atom. The van der Waals surface area contributed by atoms with Gasteiger partial charge in [0.2, 0.25) is 0 Å². The molecular formula is C115H98N20O11. The molecular weight excluding hydrogens is 1840 g/mol. The number of benzene rings is 6. The van der Waals surface area contributed by atoms with Gasteiger partial charge in [-0.05, 0) is 193 Å². The average molecular weight is 1940 g/mol. The maximum Gasteiger partial charge on any atom is 0.337 e. The van der Waals surface area contributed by atoms with Gasteiger partial charge in [-0.1, -0.05) is 178 Å². The van der Waals surface area contributed by atoms with Crippen LogP contribution in [0, 0.1) is 55.4 Å². The number of hydrogen-bond acceptors (Lipinski definition) is 26. The van der Waals surface area contributed by atoms with E-state index in [4.69, 9.17) is 77.4 Å². The molecule has 16 aromatic heterocycles. The summed E-state index contributed by atoms with van der Waals surface area (Å²) < 4.78 is 39.6. The molecule has 0 aliphatic heterocycles. The van der Waals surface area contributed by atoms with Gasteiger partial charge in [0.1, 0.15) is 63.0 Å².